The summed E-state index contributed by atoms with van der Waals surface area (Å²) in [5, 5.41) is 9.98. The third-order valence-electron chi connectivity index (χ3n) is 8.01. The van der Waals surface area contributed by atoms with Crippen molar-refractivity contribution in [2.75, 3.05) is 13.1 Å². The fraction of sp³-hybridized carbons (Fsp3) is 0.750. The predicted octanol–water partition coefficient (Wildman–Crippen LogP) is 4.04. The number of cyclic esters (lactones) is 1. The molecule has 0 saturated carbocycles. The molecule has 1 N–H and O–H groups in total. The summed E-state index contributed by atoms with van der Waals surface area (Å²) in [6, 6.07) is 0. The molecule has 1 amide bonds. The molecule has 7 heteroatoms. The van der Waals surface area contributed by atoms with Crippen molar-refractivity contribution in [3.63, 3.8) is 0 Å². The number of hydrogen-bond donors (Lipinski definition) is 1. The molecular weight excluding hydrogens is 446 g/mol. The number of ether oxygens (including phenoxy) is 2. The van der Waals surface area contributed by atoms with Crippen molar-refractivity contribution < 1.29 is 29.0 Å². The zero-order chi connectivity index (χ0) is 25.9. The maximum absolute atomic E-state index is 13.4. The minimum Gasteiger partial charge on any atom is -0.462 e. The molecule has 0 aromatic heterocycles. The second-order valence-corrected chi connectivity index (χ2v) is 11.1. The van der Waals surface area contributed by atoms with Gasteiger partial charge in [-0.3, -0.25) is 14.4 Å². The van der Waals surface area contributed by atoms with Crippen molar-refractivity contribution in [2.45, 2.75) is 92.0 Å². The van der Waals surface area contributed by atoms with Crippen LogP contribution in [0.15, 0.2) is 23.8 Å². The van der Waals surface area contributed by atoms with Gasteiger partial charge in [-0.1, -0.05) is 32.1 Å². The Labute approximate surface area is 209 Å². The lowest BCUT2D eigenvalue weighted by Crippen LogP contribution is -2.48. The van der Waals surface area contributed by atoms with E-state index in [1.165, 1.54) is 5.57 Å². The van der Waals surface area contributed by atoms with Crippen LogP contribution in [-0.4, -0.2) is 59.3 Å². The molecule has 196 valence electrons. The first-order valence-electron chi connectivity index (χ1n) is 13.3. The van der Waals surface area contributed by atoms with Gasteiger partial charge in [0, 0.05) is 25.4 Å². The molecule has 1 fully saturated rings. The highest BCUT2D eigenvalue weighted by Crippen LogP contribution is 2.45. The number of aliphatic hydroxyl groups is 1. The summed E-state index contributed by atoms with van der Waals surface area (Å²) < 4.78 is 11.7. The minimum atomic E-state index is -1.26. The Morgan fingerprint density at radius 2 is 1.86 bits per heavy atom. The first-order valence-corrected chi connectivity index (χ1v) is 13.3. The van der Waals surface area contributed by atoms with Gasteiger partial charge >= 0.3 is 11.9 Å². The van der Waals surface area contributed by atoms with Crippen molar-refractivity contribution in [3.8, 4) is 0 Å². The summed E-state index contributed by atoms with van der Waals surface area (Å²) in [6.07, 6.45) is 8.07. The lowest BCUT2D eigenvalue weighted by molar-refractivity contribution is -0.171. The highest BCUT2D eigenvalue weighted by atomic mass is 16.6. The summed E-state index contributed by atoms with van der Waals surface area (Å²) >= 11 is 0. The number of hydrogen-bond acceptors (Lipinski definition) is 6. The zero-order valence-corrected chi connectivity index (χ0v) is 22.2. The van der Waals surface area contributed by atoms with Gasteiger partial charge in [0.1, 0.15) is 17.6 Å². The molecular formula is C28H43NO6. The molecule has 0 bridgehead atoms. The molecule has 7 atom stereocenters. The molecule has 1 heterocycles. The molecule has 0 aromatic carbocycles. The highest BCUT2D eigenvalue weighted by molar-refractivity contribution is 6.01. The number of rotatable bonds is 8. The SMILES string of the molecule is CCN(CC)C(=O)C(C)(C)C(=O)O[C@H]1C[C@@H](C)C=C2C=C[C@H](C)[C@H](CC[C@@H]3C[C@@H](O)CC(=O)O3)[C@H]21. The smallest absolute Gasteiger partial charge is 0.321 e. The summed E-state index contributed by atoms with van der Waals surface area (Å²) in [7, 11) is 0. The lowest BCUT2D eigenvalue weighted by Gasteiger charge is -2.44. The fourth-order valence-corrected chi connectivity index (χ4v) is 5.92. The number of allylic oxidation sites excluding steroid dienone is 3. The quantitative estimate of drug-likeness (QED) is 0.409. The van der Waals surface area contributed by atoms with Gasteiger partial charge in [-0.25, -0.2) is 0 Å². The average Bonchev–Trinajstić information content (AvgIpc) is 2.78. The Hall–Kier alpha value is -2.15. The van der Waals surface area contributed by atoms with Crippen LogP contribution >= 0.6 is 0 Å². The van der Waals surface area contributed by atoms with Crippen molar-refractivity contribution in [1.82, 2.24) is 4.90 Å². The van der Waals surface area contributed by atoms with E-state index in [1.807, 2.05) is 13.8 Å². The van der Waals surface area contributed by atoms with E-state index >= 15 is 0 Å². The van der Waals surface area contributed by atoms with Crippen LogP contribution in [0.3, 0.4) is 0 Å². The van der Waals surface area contributed by atoms with E-state index in [9.17, 15) is 19.5 Å². The second kappa shape index (κ2) is 11.3. The van der Waals surface area contributed by atoms with E-state index in [2.05, 4.69) is 32.1 Å². The van der Waals surface area contributed by atoms with Gasteiger partial charge in [-0.15, -0.1) is 0 Å². The monoisotopic (exact) mass is 489 g/mol. The first kappa shape index (κ1) is 27.4. The Bertz CT molecular complexity index is 858. The maximum atomic E-state index is 13.4. The van der Waals surface area contributed by atoms with Crippen LogP contribution in [-0.2, 0) is 23.9 Å². The van der Waals surface area contributed by atoms with Gasteiger partial charge in [0.2, 0.25) is 5.91 Å². The molecule has 0 aromatic rings. The molecule has 0 spiro atoms. The normalized spacial score (nSPS) is 32.8. The number of carbonyl (C=O) groups excluding carboxylic acids is 3. The molecule has 0 radical (unpaired) electrons. The van der Waals surface area contributed by atoms with Crippen LogP contribution in [0.1, 0.15) is 73.6 Å². The summed E-state index contributed by atoms with van der Waals surface area (Å²) in [5.74, 6) is -0.273. The Morgan fingerprint density at radius 1 is 1.17 bits per heavy atom. The lowest BCUT2D eigenvalue weighted by atomic mass is 9.65. The molecule has 0 unspecified atom stereocenters. The molecule has 2 aliphatic carbocycles. The molecule has 3 rings (SSSR count). The van der Waals surface area contributed by atoms with Gasteiger partial charge in [-0.05, 0) is 70.3 Å². The molecule has 1 aliphatic heterocycles. The van der Waals surface area contributed by atoms with Crippen LogP contribution in [0.2, 0.25) is 0 Å². The number of amides is 1. The van der Waals surface area contributed by atoms with Crippen LogP contribution in [0, 0.1) is 29.1 Å². The summed E-state index contributed by atoms with van der Waals surface area (Å²) in [5.41, 5.74) is -0.0764. The molecule has 35 heavy (non-hydrogen) atoms. The van der Waals surface area contributed by atoms with Crippen LogP contribution in [0.4, 0.5) is 0 Å². The second-order valence-electron chi connectivity index (χ2n) is 11.1. The first-order chi connectivity index (χ1) is 16.5. The largest absolute Gasteiger partial charge is 0.462 e. The van der Waals surface area contributed by atoms with Crippen molar-refractivity contribution in [3.05, 3.63) is 23.8 Å². The van der Waals surface area contributed by atoms with E-state index in [1.54, 1.807) is 18.7 Å². The fourth-order valence-electron chi connectivity index (χ4n) is 5.92. The average molecular weight is 490 g/mol. The summed E-state index contributed by atoms with van der Waals surface area (Å²) in [4.78, 5) is 39.9. The van der Waals surface area contributed by atoms with E-state index < -0.39 is 17.5 Å². The minimum absolute atomic E-state index is 0.0266. The van der Waals surface area contributed by atoms with E-state index in [4.69, 9.17) is 9.47 Å². The number of fused-ring (bicyclic) bond motifs is 1. The number of nitrogens with zero attached hydrogens (tertiary/aromatic N) is 1. The third-order valence-corrected chi connectivity index (χ3v) is 8.01. The van der Waals surface area contributed by atoms with Crippen molar-refractivity contribution >= 4 is 17.8 Å². The van der Waals surface area contributed by atoms with Crippen molar-refractivity contribution in [2.24, 2.45) is 29.1 Å². The number of aliphatic hydroxyl groups excluding tert-OH is 1. The van der Waals surface area contributed by atoms with E-state index in [0.717, 1.165) is 6.42 Å². The van der Waals surface area contributed by atoms with Gasteiger partial charge < -0.3 is 19.5 Å². The molecule has 3 aliphatic rings. The van der Waals surface area contributed by atoms with Gasteiger partial charge in [0.15, 0.2) is 0 Å². The third kappa shape index (κ3) is 6.16. The predicted molar refractivity (Wildman–Crippen MR) is 133 cm³/mol. The Balaban J connectivity index is 1.78. The zero-order valence-electron chi connectivity index (χ0n) is 22.2. The molecule has 7 nitrogen and oxygen atoms in total. The number of carbonyl (C=O) groups is 3. The standard InChI is InChI=1S/C28H43NO6/c1-7-29(8-2)26(32)28(5,6)27(33)35-23-14-17(3)13-19-10-9-18(4)22(25(19)23)12-11-21-15-20(30)16-24(31)34-21/h9-10,13,17-18,20-23,25,30H,7-8,11-12,14-16H2,1-6H3/t17-,18-,20+,21+,22-,23-,25-/m0/s1. The number of esters is 2. The Kier molecular flexibility index (Phi) is 8.84. The van der Waals surface area contributed by atoms with E-state index in [-0.39, 0.29) is 54.2 Å². The highest BCUT2D eigenvalue weighted by Gasteiger charge is 2.46. The Morgan fingerprint density at radius 3 is 2.49 bits per heavy atom. The van der Waals surface area contributed by atoms with Gasteiger partial charge in [0.05, 0.1) is 12.5 Å². The maximum Gasteiger partial charge on any atom is 0.321 e. The van der Waals surface area contributed by atoms with E-state index in [0.29, 0.717) is 32.4 Å². The van der Waals surface area contributed by atoms with Crippen LogP contribution < -0.4 is 0 Å². The molecule has 1 saturated heterocycles. The topological polar surface area (TPSA) is 93.1 Å². The van der Waals surface area contributed by atoms with Gasteiger partial charge in [-0.2, -0.15) is 0 Å². The van der Waals surface area contributed by atoms with Crippen molar-refractivity contribution in [1.29, 1.82) is 0 Å². The summed E-state index contributed by atoms with van der Waals surface area (Å²) in [6.45, 7) is 12.5. The van der Waals surface area contributed by atoms with Crippen LogP contribution in [0.5, 0.6) is 0 Å². The van der Waals surface area contributed by atoms with Crippen LogP contribution in [0.25, 0.3) is 0 Å². The van der Waals surface area contributed by atoms with Gasteiger partial charge in [0.25, 0.3) is 0 Å².